The summed E-state index contributed by atoms with van der Waals surface area (Å²) in [6, 6.07) is 16.9. The van der Waals surface area contributed by atoms with Crippen LogP contribution in [0.25, 0.3) is 0 Å². The summed E-state index contributed by atoms with van der Waals surface area (Å²) in [5.74, 6) is 0. The Kier molecular flexibility index (Phi) is 6.08. The lowest BCUT2D eigenvalue weighted by Crippen LogP contribution is -2.33. The molecule has 1 unspecified atom stereocenters. The Hall–Kier alpha value is -0.830. The summed E-state index contributed by atoms with van der Waals surface area (Å²) in [4.78, 5) is 0. The first-order chi connectivity index (χ1) is 9.70. The molecule has 106 valence electrons. The van der Waals surface area contributed by atoms with E-state index in [0.717, 1.165) is 24.4 Å². The molecule has 0 radical (unpaired) electrons. The minimum absolute atomic E-state index is 0.388. The predicted molar refractivity (Wildman–Crippen MR) is 90.5 cm³/mol. The Bertz CT molecular complexity index is 509. The number of nitrogens with one attached hydrogen (secondary N) is 1. The highest BCUT2D eigenvalue weighted by atomic mass is 79.9. The summed E-state index contributed by atoms with van der Waals surface area (Å²) < 4.78 is 1.17. The van der Waals surface area contributed by atoms with Crippen molar-refractivity contribution in [3.05, 3.63) is 69.2 Å². The van der Waals surface area contributed by atoms with E-state index >= 15 is 0 Å². The van der Waals surface area contributed by atoms with Crippen molar-refractivity contribution < 1.29 is 0 Å². The van der Waals surface area contributed by atoms with Gasteiger partial charge in [0, 0.05) is 15.5 Å². The van der Waals surface area contributed by atoms with Crippen molar-refractivity contribution in [3.8, 4) is 0 Å². The number of hydrogen-bond acceptors (Lipinski definition) is 1. The van der Waals surface area contributed by atoms with Gasteiger partial charge in [-0.1, -0.05) is 70.9 Å². The maximum atomic E-state index is 6.27. The summed E-state index contributed by atoms with van der Waals surface area (Å²) in [5, 5.41) is 4.40. The molecule has 0 aliphatic rings. The highest BCUT2D eigenvalue weighted by Crippen LogP contribution is 2.21. The second-order valence-electron chi connectivity index (χ2n) is 4.85. The van der Waals surface area contributed by atoms with Crippen LogP contribution in [-0.4, -0.2) is 12.6 Å². The maximum absolute atomic E-state index is 6.27. The average molecular weight is 353 g/mol. The zero-order valence-corrected chi connectivity index (χ0v) is 13.9. The predicted octanol–water partition coefficient (Wildman–Crippen LogP) is 4.87. The van der Waals surface area contributed by atoms with Crippen LogP contribution in [0.3, 0.4) is 0 Å². The first kappa shape index (κ1) is 15.6. The molecular weight excluding hydrogens is 334 g/mol. The van der Waals surface area contributed by atoms with Crippen LogP contribution in [0.1, 0.15) is 18.1 Å². The largest absolute Gasteiger partial charge is 0.314 e. The van der Waals surface area contributed by atoms with Gasteiger partial charge in [0.15, 0.2) is 0 Å². The SMILES string of the molecule is CCNC(Cc1ccccc1Cl)Cc1ccccc1Br. The van der Waals surface area contributed by atoms with E-state index in [2.05, 4.69) is 52.4 Å². The summed E-state index contributed by atoms with van der Waals surface area (Å²) in [6.07, 6.45) is 1.93. The van der Waals surface area contributed by atoms with Crippen LogP contribution in [-0.2, 0) is 12.8 Å². The maximum Gasteiger partial charge on any atom is 0.0438 e. The zero-order chi connectivity index (χ0) is 14.4. The summed E-state index contributed by atoms with van der Waals surface area (Å²) >= 11 is 9.89. The molecule has 0 aliphatic heterocycles. The van der Waals surface area contributed by atoms with Gasteiger partial charge in [0.2, 0.25) is 0 Å². The molecule has 2 aromatic carbocycles. The van der Waals surface area contributed by atoms with E-state index in [4.69, 9.17) is 11.6 Å². The highest BCUT2D eigenvalue weighted by Gasteiger charge is 2.12. The molecule has 0 amide bonds. The number of hydrogen-bond donors (Lipinski definition) is 1. The number of halogens is 2. The number of likely N-dealkylation sites (N-methyl/N-ethyl adjacent to an activating group) is 1. The van der Waals surface area contributed by atoms with Gasteiger partial charge in [-0.05, 0) is 42.6 Å². The van der Waals surface area contributed by atoms with Crippen LogP contribution in [0.5, 0.6) is 0 Å². The van der Waals surface area contributed by atoms with Gasteiger partial charge in [-0.25, -0.2) is 0 Å². The monoisotopic (exact) mass is 351 g/mol. The lowest BCUT2D eigenvalue weighted by atomic mass is 9.99. The molecule has 0 saturated carbocycles. The Balaban J connectivity index is 2.12. The van der Waals surface area contributed by atoms with Gasteiger partial charge in [-0.2, -0.15) is 0 Å². The van der Waals surface area contributed by atoms with Crippen molar-refractivity contribution in [2.24, 2.45) is 0 Å². The van der Waals surface area contributed by atoms with E-state index in [1.807, 2.05) is 24.3 Å². The zero-order valence-electron chi connectivity index (χ0n) is 11.6. The Morgan fingerprint density at radius 1 is 1.00 bits per heavy atom. The quantitative estimate of drug-likeness (QED) is 0.782. The highest BCUT2D eigenvalue weighted by molar-refractivity contribution is 9.10. The second kappa shape index (κ2) is 7.82. The van der Waals surface area contributed by atoms with Crippen molar-refractivity contribution in [1.29, 1.82) is 0 Å². The lowest BCUT2D eigenvalue weighted by molar-refractivity contribution is 0.521. The van der Waals surface area contributed by atoms with Gasteiger partial charge < -0.3 is 5.32 Å². The molecule has 3 heteroatoms. The Morgan fingerprint density at radius 3 is 2.25 bits per heavy atom. The summed E-state index contributed by atoms with van der Waals surface area (Å²) in [7, 11) is 0. The van der Waals surface area contributed by atoms with Crippen LogP contribution in [0.15, 0.2) is 53.0 Å². The molecule has 1 N–H and O–H groups in total. The second-order valence-corrected chi connectivity index (χ2v) is 6.11. The van der Waals surface area contributed by atoms with Gasteiger partial charge in [-0.3, -0.25) is 0 Å². The molecule has 0 aromatic heterocycles. The fraction of sp³-hybridized carbons (Fsp3) is 0.294. The van der Waals surface area contributed by atoms with E-state index in [-0.39, 0.29) is 0 Å². The molecule has 0 spiro atoms. The van der Waals surface area contributed by atoms with E-state index in [0.29, 0.717) is 6.04 Å². The van der Waals surface area contributed by atoms with Crippen LogP contribution in [0.2, 0.25) is 5.02 Å². The number of benzene rings is 2. The van der Waals surface area contributed by atoms with Gasteiger partial charge in [0.25, 0.3) is 0 Å². The Morgan fingerprint density at radius 2 is 1.60 bits per heavy atom. The normalized spacial score (nSPS) is 12.3. The fourth-order valence-electron chi connectivity index (χ4n) is 2.36. The van der Waals surface area contributed by atoms with Crippen LogP contribution >= 0.6 is 27.5 Å². The lowest BCUT2D eigenvalue weighted by Gasteiger charge is -2.19. The van der Waals surface area contributed by atoms with E-state index in [1.54, 1.807) is 0 Å². The van der Waals surface area contributed by atoms with E-state index in [9.17, 15) is 0 Å². The molecule has 0 saturated heterocycles. The third-order valence-corrected chi connectivity index (χ3v) is 4.48. The van der Waals surface area contributed by atoms with Gasteiger partial charge in [0.1, 0.15) is 0 Å². The first-order valence-electron chi connectivity index (χ1n) is 6.91. The average Bonchev–Trinajstić information content (AvgIpc) is 2.44. The fourth-order valence-corrected chi connectivity index (χ4v) is 3.02. The number of rotatable bonds is 6. The third-order valence-electron chi connectivity index (χ3n) is 3.34. The van der Waals surface area contributed by atoms with Crippen molar-refractivity contribution in [2.75, 3.05) is 6.54 Å². The summed E-state index contributed by atoms with van der Waals surface area (Å²) in [6.45, 7) is 3.10. The molecule has 0 fully saturated rings. The van der Waals surface area contributed by atoms with E-state index in [1.165, 1.54) is 15.6 Å². The van der Waals surface area contributed by atoms with Crippen molar-refractivity contribution in [3.63, 3.8) is 0 Å². The minimum atomic E-state index is 0.388. The summed E-state index contributed by atoms with van der Waals surface area (Å²) in [5.41, 5.74) is 2.53. The molecule has 0 aliphatic carbocycles. The standard InChI is InChI=1S/C17H19BrClN/c1-2-20-15(11-13-7-3-5-9-16(13)18)12-14-8-4-6-10-17(14)19/h3-10,15,20H,2,11-12H2,1H3. The minimum Gasteiger partial charge on any atom is -0.314 e. The molecule has 2 rings (SSSR count). The molecular formula is C17H19BrClN. The van der Waals surface area contributed by atoms with Gasteiger partial charge in [-0.15, -0.1) is 0 Å². The van der Waals surface area contributed by atoms with E-state index < -0.39 is 0 Å². The molecule has 20 heavy (non-hydrogen) atoms. The van der Waals surface area contributed by atoms with Crippen molar-refractivity contribution >= 4 is 27.5 Å². The molecule has 2 aromatic rings. The molecule has 1 nitrogen and oxygen atoms in total. The molecule has 0 heterocycles. The van der Waals surface area contributed by atoms with Crippen LogP contribution in [0, 0.1) is 0 Å². The van der Waals surface area contributed by atoms with Crippen LogP contribution in [0.4, 0.5) is 0 Å². The smallest absolute Gasteiger partial charge is 0.0438 e. The molecule has 1 atom stereocenters. The molecule has 0 bridgehead atoms. The van der Waals surface area contributed by atoms with Crippen LogP contribution < -0.4 is 5.32 Å². The van der Waals surface area contributed by atoms with Crippen molar-refractivity contribution in [2.45, 2.75) is 25.8 Å². The Labute approximate surface area is 134 Å². The van der Waals surface area contributed by atoms with Gasteiger partial charge >= 0.3 is 0 Å². The van der Waals surface area contributed by atoms with Gasteiger partial charge in [0.05, 0.1) is 0 Å². The topological polar surface area (TPSA) is 12.0 Å². The van der Waals surface area contributed by atoms with Crippen molar-refractivity contribution in [1.82, 2.24) is 5.32 Å². The third kappa shape index (κ3) is 4.34. The first-order valence-corrected chi connectivity index (χ1v) is 8.08.